The van der Waals surface area contributed by atoms with Crippen LogP contribution in [-0.2, 0) is 16.1 Å². The van der Waals surface area contributed by atoms with Crippen LogP contribution >= 0.6 is 11.8 Å². The monoisotopic (exact) mass is 442 g/mol. The molecule has 0 unspecified atom stereocenters. The second-order valence-electron chi connectivity index (χ2n) is 7.15. The molecule has 162 valence electrons. The number of imide groups is 1. The van der Waals surface area contributed by atoms with Gasteiger partial charge in [-0.2, -0.15) is 0 Å². The van der Waals surface area contributed by atoms with Crippen LogP contribution in [0.5, 0.6) is 5.75 Å². The number of carbonyl (C=O) groups excluding carboxylic acids is 3. The number of carbonyl (C=O) groups is 3. The number of anilines is 1. The van der Waals surface area contributed by atoms with Crippen LogP contribution < -0.4 is 9.64 Å². The fourth-order valence-corrected chi connectivity index (χ4v) is 4.43. The number of methoxy groups -OCH3 is 2. The van der Waals surface area contributed by atoms with Gasteiger partial charge < -0.3 is 18.8 Å². The number of hydrogen-bond acceptors (Lipinski definition) is 8. The highest BCUT2D eigenvalue weighted by atomic mass is 32.2. The van der Waals surface area contributed by atoms with E-state index in [4.69, 9.17) is 9.15 Å². The van der Waals surface area contributed by atoms with E-state index in [0.717, 1.165) is 41.0 Å². The van der Waals surface area contributed by atoms with Crippen molar-refractivity contribution >= 4 is 40.6 Å². The summed E-state index contributed by atoms with van der Waals surface area (Å²) >= 11 is 0.861. The van der Waals surface area contributed by atoms with E-state index >= 15 is 0 Å². The third-order valence-electron chi connectivity index (χ3n) is 5.21. The molecule has 0 aliphatic carbocycles. The molecule has 0 saturated carbocycles. The first kappa shape index (κ1) is 21.0. The van der Waals surface area contributed by atoms with E-state index in [0.29, 0.717) is 16.4 Å². The quantitative estimate of drug-likeness (QED) is 0.491. The number of ether oxygens (including phenoxy) is 2. The van der Waals surface area contributed by atoms with Gasteiger partial charge in [0.1, 0.15) is 11.5 Å². The third kappa shape index (κ3) is 4.32. The van der Waals surface area contributed by atoms with Crippen molar-refractivity contribution < 1.29 is 28.3 Å². The number of amides is 2. The first-order valence-corrected chi connectivity index (χ1v) is 10.7. The Bertz CT molecular complexity index is 1050. The van der Waals surface area contributed by atoms with Gasteiger partial charge >= 0.3 is 5.97 Å². The van der Waals surface area contributed by atoms with Crippen LogP contribution in [-0.4, -0.2) is 49.3 Å². The maximum Gasteiger partial charge on any atom is 0.373 e. The molecule has 2 aliphatic rings. The van der Waals surface area contributed by atoms with E-state index in [1.807, 2.05) is 18.2 Å². The molecule has 0 bridgehead atoms. The molecular formula is C22H22N2O6S. The molecule has 4 rings (SSSR count). The average molecular weight is 442 g/mol. The molecule has 9 heteroatoms. The Labute approximate surface area is 183 Å². The third-order valence-corrected chi connectivity index (χ3v) is 6.12. The summed E-state index contributed by atoms with van der Waals surface area (Å²) in [7, 11) is 2.83. The van der Waals surface area contributed by atoms with Crippen molar-refractivity contribution in [3.8, 4) is 5.75 Å². The number of hydrogen-bond donors (Lipinski definition) is 0. The van der Waals surface area contributed by atoms with Crippen LogP contribution in [0.1, 0.15) is 34.7 Å². The Kier molecular flexibility index (Phi) is 6.03. The SMILES string of the molecule is COC(=O)c1ccc(CN2C(=O)SC(=Cc3ccc(N4CCCC4)cc3OC)C2=O)o1. The summed E-state index contributed by atoms with van der Waals surface area (Å²) in [6.45, 7) is 1.97. The van der Waals surface area contributed by atoms with Gasteiger partial charge in [-0.25, -0.2) is 4.79 Å². The molecule has 0 N–H and O–H groups in total. The van der Waals surface area contributed by atoms with E-state index < -0.39 is 17.1 Å². The summed E-state index contributed by atoms with van der Waals surface area (Å²) in [5, 5.41) is -0.403. The zero-order chi connectivity index (χ0) is 22.0. The molecule has 2 fully saturated rings. The summed E-state index contributed by atoms with van der Waals surface area (Å²) in [5.74, 6) is -0.0641. The normalized spacial score (nSPS) is 17.7. The molecule has 0 spiro atoms. The summed E-state index contributed by atoms with van der Waals surface area (Å²) in [5.41, 5.74) is 1.81. The Morgan fingerprint density at radius 2 is 1.94 bits per heavy atom. The topological polar surface area (TPSA) is 89.3 Å². The molecule has 1 aromatic carbocycles. The molecule has 0 atom stereocenters. The lowest BCUT2D eigenvalue weighted by atomic mass is 10.1. The average Bonchev–Trinajstić information content (AvgIpc) is 3.52. The number of rotatable bonds is 6. The number of thioether (sulfide) groups is 1. The van der Waals surface area contributed by atoms with Gasteiger partial charge in [0.2, 0.25) is 5.76 Å². The van der Waals surface area contributed by atoms with Gasteiger partial charge in [-0.15, -0.1) is 0 Å². The van der Waals surface area contributed by atoms with Crippen LogP contribution in [0.25, 0.3) is 6.08 Å². The number of benzene rings is 1. The summed E-state index contributed by atoms with van der Waals surface area (Å²) < 4.78 is 15.5. The van der Waals surface area contributed by atoms with Crippen molar-refractivity contribution in [3.05, 3.63) is 52.3 Å². The van der Waals surface area contributed by atoms with Crippen LogP contribution in [0.15, 0.2) is 39.7 Å². The van der Waals surface area contributed by atoms with Crippen molar-refractivity contribution in [1.29, 1.82) is 0 Å². The highest BCUT2D eigenvalue weighted by molar-refractivity contribution is 8.18. The zero-order valence-corrected chi connectivity index (χ0v) is 18.1. The lowest BCUT2D eigenvalue weighted by Crippen LogP contribution is -2.27. The predicted octanol–water partition coefficient (Wildman–Crippen LogP) is 3.91. The minimum Gasteiger partial charge on any atom is -0.496 e. The molecular weight excluding hydrogens is 420 g/mol. The van der Waals surface area contributed by atoms with Gasteiger partial charge in [0.05, 0.1) is 25.7 Å². The molecule has 31 heavy (non-hydrogen) atoms. The van der Waals surface area contributed by atoms with Crippen molar-refractivity contribution in [2.75, 3.05) is 32.2 Å². The van der Waals surface area contributed by atoms with Crippen molar-refractivity contribution in [1.82, 2.24) is 4.90 Å². The van der Waals surface area contributed by atoms with Crippen molar-refractivity contribution in [3.63, 3.8) is 0 Å². The van der Waals surface area contributed by atoms with E-state index in [-0.39, 0.29) is 12.3 Å². The van der Waals surface area contributed by atoms with Crippen molar-refractivity contribution in [2.24, 2.45) is 0 Å². The van der Waals surface area contributed by atoms with Crippen LogP contribution in [0.4, 0.5) is 10.5 Å². The van der Waals surface area contributed by atoms with E-state index in [1.54, 1.807) is 19.3 Å². The van der Waals surface area contributed by atoms with Gasteiger partial charge in [-0.1, -0.05) is 0 Å². The van der Waals surface area contributed by atoms with Crippen LogP contribution in [0.3, 0.4) is 0 Å². The molecule has 1 aromatic heterocycles. The summed E-state index contributed by atoms with van der Waals surface area (Å²) in [4.78, 5) is 40.5. The zero-order valence-electron chi connectivity index (χ0n) is 17.3. The Morgan fingerprint density at radius 1 is 1.16 bits per heavy atom. The molecule has 2 aromatic rings. The highest BCUT2D eigenvalue weighted by Crippen LogP contribution is 2.36. The number of nitrogens with zero attached hydrogens (tertiary/aromatic N) is 2. The lowest BCUT2D eigenvalue weighted by Gasteiger charge is -2.19. The second kappa shape index (κ2) is 8.89. The lowest BCUT2D eigenvalue weighted by molar-refractivity contribution is -0.123. The first-order chi connectivity index (χ1) is 15.0. The van der Waals surface area contributed by atoms with Gasteiger partial charge in [0.15, 0.2) is 0 Å². The number of furan rings is 1. The molecule has 3 heterocycles. The Hall–Kier alpha value is -3.20. The fraction of sp³-hybridized carbons (Fsp3) is 0.318. The summed E-state index contributed by atoms with van der Waals surface area (Å²) in [6, 6.07) is 8.84. The minimum atomic E-state index is -0.621. The maximum atomic E-state index is 12.8. The smallest absolute Gasteiger partial charge is 0.373 e. The highest BCUT2D eigenvalue weighted by Gasteiger charge is 2.36. The fourth-order valence-electron chi connectivity index (χ4n) is 3.60. The van der Waals surface area contributed by atoms with Gasteiger partial charge in [0.25, 0.3) is 11.1 Å². The van der Waals surface area contributed by atoms with Crippen LogP contribution in [0.2, 0.25) is 0 Å². The van der Waals surface area contributed by atoms with E-state index in [2.05, 4.69) is 9.64 Å². The molecule has 2 aliphatic heterocycles. The molecule has 2 amide bonds. The largest absolute Gasteiger partial charge is 0.496 e. The van der Waals surface area contributed by atoms with Gasteiger partial charge in [0, 0.05) is 30.4 Å². The Morgan fingerprint density at radius 3 is 2.65 bits per heavy atom. The molecule has 8 nitrogen and oxygen atoms in total. The van der Waals surface area contributed by atoms with Crippen molar-refractivity contribution in [2.45, 2.75) is 19.4 Å². The van der Waals surface area contributed by atoms with Gasteiger partial charge in [-0.05, 0) is 54.9 Å². The van der Waals surface area contributed by atoms with E-state index in [1.165, 1.54) is 26.0 Å². The van der Waals surface area contributed by atoms with Crippen LogP contribution in [0, 0.1) is 0 Å². The van der Waals surface area contributed by atoms with E-state index in [9.17, 15) is 14.4 Å². The molecule has 0 radical (unpaired) electrons. The summed E-state index contributed by atoms with van der Waals surface area (Å²) in [6.07, 6.45) is 4.02. The number of esters is 1. The van der Waals surface area contributed by atoms with Gasteiger partial charge in [-0.3, -0.25) is 14.5 Å². The maximum absolute atomic E-state index is 12.8. The predicted molar refractivity (Wildman–Crippen MR) is 116 cm³/mol. The minimum absolute atomic E-state index is 0.0165. The standard InChI is InChI=1S/C22H22N2O6S/c1-28-18-12-15(23-9-3-4-10-23)6-5-14(18)11-19-20(25)24(22(27)31-19)13-16-7-8-17(30-16)21(26)29-2/h5-8,11-12H,3-4,9-10,13H2,1-2H3. The first-order valence-electron chi connectivity index (χ1n) is 9.85. The molecule has 2 saturated heterocycles. The second-order valence-corrected chi connectivity index (χ2v) is 8.14. The Balaban J connectivity index is 1.52.